The standard InChI is InChI=1S/C15H20FNO4/c1-10(18)13-9-12(16)3-4-14(13)21-11(2)15(19)17-5-7-20-8-6-17/h3-4,9-11,18H,5-8H2,1-2H3. The first-order valence-electron chi connectivity index (χ1n) is 6.99. The van der Waals surface area contributed by atoms with Gasteiger partial charge in [-0.2, -0.15) is 0 Å². The van der Waals surface area contributed by atoms with Crippen molar-refractivity contribution in [3.63, 3.8) is 0 Å². The number of morpholine rings is 1. The first-order chi connectivity index (χ1) is 9.99. The molecule has 1 saturated heterocycles. The number of ether oxygens (including phenoxy) is 2. The number of benzene rings is 1. The Morgan fingerprint density at radius 1 is 1.38 bits per heavy atom. The van der Waals surface area contributed by atoms with E-state index in [1.54, 1.807) is 11.8 Å². The van der Waals surface area contributed by atoms with Crippen LogP contribution in [0.1, 0.15) is 25.5 Å². The van der Waals surface area contributed by atoms with E-state index in [1.165, 1.54) is 25.1 Å². The van der Waals surface area contributed by atoms with Crippen LogP contribution in [0.3, 0.4) is 0 Å². The van der Waals surface area contributed by atoms with Crippen molar-refractivity contribution in [3.8, 4) is 5.75 Å². The normalized spacial score (nSPS) is 18.2. The number of carbonyl (C=O) groups is 1. The van der Waals surface area contributed by atoms with E-state index in [2.05, 4.69) is 0 Å². The van der Waals surface area contributed by atoms with Gasteiger partial charge in [0.1, 0.15) is 11.6 Å². The van der Waals surface area contributed by atoms with Crippen LogP contribution < -0.4 is 4.74 Å². The summed E-state index contributed by atoms with van der Waals surface area (Å²) < 4.78 is 24.1. The molecule has 1 aliphatic heterocycles. The van der Waals surface area contributed by atoms with Gasteiger partial charge >= 0.3 is 0 Å². The Bertz CT molecular complexity index is 500. The van der Waals surface area contributed by atoms with Crippen LogP contribution in [0.2, 0.25) is 0 Å². The van der Waals surface area contributed by atoms with Gasteiger partial charge in [-0.15, -0.1) is 0 Å². The SMILES string of the molecule is CC(Oc1ccc(F)cc1C(C)O)C(=O)N1CCOCC1. The van der Waals surface area contributed by atoms with Crippen LogP contribution in [-0.4, -0.2) is 48.3 Å². The Hall–Kier alpha value is -1.66. The quantitative estimate of drug-likeness (QED) is 0.915. The van der Waals surface area contributed by atoms with E-state index in [0.29, 0.717) is 37.6 Å². The fourth-order valence-electron chi connectivity index (χ4n) is 2.23. The molecule has 1 aromatic rings. The highest BCUT2D eigenvalue weighted by atomic mass is 19.1. The molecule has 0 saturated carbocycles. The summed E-state index contributed by atoms with van der Waals surface area (Å²) in [5.74, 6) is -0.273. The van der Waals surface area contributed by atoms with E-state index in [4.69, 9.17) is 9.47 Å². The van der Waals surface area contributed by atoms with Gasteiger partial charge in [-0.25, -0.2) is 4.39 Å². The average Bonchev–Trinajstić information content (AvgIpc) is 2.49. The molecule has 2 rings (SSSR count). The molecule has 1 heterocycles. The predicted molar refractivity (Wildman–Crippen MR) is 74.5 cm³/mol. The molecular formula is C15H20FNO4. The highest BCUT2D eigenvalue weighted by molar-refractivity contribution is 5.81. The van der Waals surface area contributed by atoms with Crippen LogP contribution in [0.25, 0.3) is 0 Å². The number of aliphatic hydroxyl groups excluding tert-OH is 1. The largest absolute Gasteiger partial charge is 0.481 e. The summed E-state index contributed by atoms with van der Waals surface area (Å²) in [6, 6.07) is 3.89. The molecule has 1 aromatic carbocycles. The summed E-state index contributed by atoms with van der Waals surface area (Å²) in [6.07, 6.45) is -1.58. The van der Waals surface area contributed by atoms with Gasteiger partial charge in [0, 0.05) is 18.7 Å². The van der Waals surface area contributed by atoms with Crippen LogP contribution >= 0.6 is 0 Å². The molecule has 0 radical (unpaired) electrons. The third-order valence-electron chi connectivity index (χ3n) is 3.40. The molecular weight excluding hydrogens is 277 g/mol. The first kappa shape index (κ1) is 15.7. The zero-order chi connectivity index (χ0) is 15.4. The minimum absolute atomic E-state index is 0.140. The Balaban J connectivity index is 2.08. The smallest absolute Gasteiger partial charge is 0.263 e. The van der Waals surface area contributed by atoms with Crippen molar-refractivity contribution in [1.82, 2.24) is 4.90 Å². The molecule has 0 aromatic heterocycles. The number of amides is 1. The summed E-state index contributed by atoms with van der Waals surface area (Å²) in [5, 5.41) is 9.67. The maximum absolute atomic E-state index is 13.2. The molecule has 0 aliphatic carbocycles. The molecule has 1 N–H and O–H groups in total. The molecule has 6 heteroatoms. The van der Waals surface area contributed by atoms with Crippen molar-refractivity contribution in [2.24, 2.45) is 0 Å². The molecule has 0 spiro atoms. The van der Waals surface area contributed by atoms with E-state index in [-0.39, 0.29) is 5.91 Å². The monoisotopic (exact) mass is 297 g/mol. The molecule has 2 unspecified atom stereocenters. The Labute approximate surface area is 123 Å². The van der Waals surface area contributed by atoms with Crippen molar-refractivity contribution >= 4 is 5.91 Å². The lowest BCUT2D eigenvalue weighted by atomic mass is 10.1. The van der Waals surface area contributed by atoms with E-state index in [1.807, 2.05) is 0 Å². The summed E-state index contributed by atoms with van der Waals surface area (Å²) >= 11 is 0. The summed E-state index contributed by atoms with van der Waals surface area (Å²) in [7, 11) is 0. The Morgan fingerprint density at radius 3 is 2.67 bits per heavy atom. The molecule has 0 bridgehead atoms. The van der Waals surface area contributed by atoms with Crippen molar-refractivity contribution in [2.75, 3.05) is 26.3 Å². The fourth-order valence-corrected chi connectivity index (χ4v) is 2.23. The van der Waals surface area contributed by atoms with E-state index < -0.39 is 18.0 Å². The number of carbonyl (C=O) groups excluding carboxylic acids is 1. The van der Waals surface area contributed by atoms with Crippen molar-refractivity contribution in [3.05, 3.63) is 29.6 Å². The maximum atomic E-state index is 13.2. The van der Waals surface area contributed by atoms with Gasteiger partial charge in [-0.1, -0.05) is 0 Å². The Kier molecular flexibility index (Phi) is 5.14. The van der Waals surface area contributed by atoms with Crippen LogP contribution in [0.4, 0.5) is 4.39 Å². The zero-order valence-corrected chi connectivity index (χ0v) is 12.2. The van der Waals surface area contributed by atoms with E-state index >= 15 is 0 Å². The fraction of sp³-hybridized carbons (Fsp3) is 0.533. The van der Waals surface area contributed by atoms with Crippen molar-refractivity contribution in [2.45, 2.75) is 26.1 Å². The zero-order valence-electron chi connectivity index (χ0n) is 12.2. The molecule has 2 atom stereocenters. The second-order valence-corrected chi connectivity index (χ2v) is 5.06. The molecule has 21 heavy (non-hydrogen) atoms. The number of rotatable bonds is 4. The molecule has 1 amide bonds. The lowest BCUT2D eigenvalue weighted by Crippen LogP contribution is -2.46. The summed E-state index contributed by atoms with van der Waals surface area (Å²) in [6.45, 7) is 5.29. The molecule has 5 nitrogen and oxygen atoms in total. The van der Waals surface area contributed by atoms with E-state index in [9.17, 15) is 14.3 Å². The van der Waals surface area contributed by atoms with Gasteiger partial charge in [-0.3, -0.25) is 4.79 Å². The number of aliphatic hydroxyl groups is 1. The van der Waals surface area contributed by atoms with Gasteiger partial charge in [0.15, 0.2) is 6.10 Å². The van der Waals surface area contributed by atoms with Crippen LogP contribution in [-0.2, 0) is 9.53 Å². The summed E-state index contributed by atoms with van der Waals surface area (Å²) in [4.78, 5) is 13.9. The first-order valence-corrected chi connectivity index (χ1v) is 6.99. The van der Waals surface area contributed by atoms with Crippen LogP contribution in [0.5, 0.6) is 5.75 Å². The predicted octanol–water partition coefficient (Wildman–Crippen LogP) is 1.51. The second kappa shape index (κ2) is 6.87. The minimum Gasteiger partial charge on any atom is -0.481 e. The number of halogens is 1. The third-order valence-corrected chi connectivity index (χ3v) is 3.40. The highest BCUT2D eigenvalue weighted by Gasteiger charge is 2.25. The topological polar surface area (TPSA) is 59.0 Å². The van der Waals surface area contributed by atoms with Gasteiger partial charge in [0.05, 0.1) is 19.3 Å². The average molecular weight is 297 g/mol. The van der Waals surface area contributed by atoms with Crippen molar-refractivity contribution in [1.29, 1.82) is 0 Å². The third kappa shape index (κ3) is 3.92. The van der Waals surface area contributed by atoms with Crippen LogP contribution in [0, 0.1) is 5.82 Å². The molecule has 1 aliphatic rings. The highest BCUT2D eigenvalue weighted by Crippen LogP contribution is 2.27. The van der Waals surface area contributed by atoms with Crippen LogP contribution in [0.15, 0.2) is 18.2 Å². The summed E-state index contributed by atoms with van der Waals surface area (Å²) in [5.41, 5.74) is 0.330. The van der Waals surface area contributed by atoms with Gasteiger partial charge in [0.25, 0.3) is 5.91 Å². The number of nitrogens with zero attached hydrogens (tertiary/aromatic N) is 1. The van der Waals surface area contributed by atoms with Gasteiger partial charge < -0.3 is 19.5 Å². The number of hydrogen-bond donors (Lipinski definition) is 1. The molecule has 116 valence electrons. The second-order valence-electron chi connectivity index (χ2n) is 5.06. The molecule has 1 fully saturated rings. The maximum Gasteiger partial charge on any atom is 0.263 e. The van der Waals surface area contributed by atoms with Gasteiger partial charge in [0.2, 0.25) is 0 Å². The lowest BCUT2D eigenvalue weighted by molar-refractivity contribution is -0.142. The van der Waals surface area contributed by atoms with Crippen molar-refractivity contribution < 1.29 is 23.8 Å². The van der Waals surface area contributed by atoms with E-state index in [0.717, 1.165) is 0 Å². The van der Waals surface area contributed by atoms with Gasteiger partial charge in [-0.05, 0) is 32.0 Å². The lowest BCUT2D eigenvalue weighted by Gasteiger charge is -2.29. The Morgan fingerprint density at radius 2 is 2.05 bits per heavy atom. The minimum atomic E-state index is -0.874. The number of hydrogen-bond acceptors (Lipinski definition) is 4.